The Hall–Kier alpha value is -1.89. The lowest BCUT2D eigenvalue weighted by Crippen LogP contribution is -2.47. The van der Waals surface area contributed by atoms with Crippen molar-refractivity contribution in [3.63, 3.8) is 0 Å². The number of hydrogen-bond acceptors (Lipinski definition) is 4. The SMILES string of the molecule is CNC(=O)C1CN(CC(=O)N2CCCC2)Cc2ccnn21. The zero-order valence-corrected chi connectivity index (χ0v) is 12.3. The van der Waals surface area contributed by atoms with E-state index >= 15 is 0 Å². The Morgan fingerprint density at radius 3 is 2.86 bits per heavy atom. The number of carbonyl (C=O) groups excluding carboxylic acids is 2. The number of aromatic nitrogens is 2. The molecule has 0 spiro atoms. The van der Waals surface area contributed by atoms with Crippen LogP contribution in [0.1, 0.15) is 24.6 Å². The lowest BCUT2D eigenvalue weighted by molar-refractivity contribution is -0.133. The smallest absolute Gasteiger partial charge is 0.245 e. The summed E-state index contributed by atoms with van der Waals surface area (Å²) in [6.45, 7) is 3.28. The fourth-order valence-corrected chi connectivity index (χ4v) is 3.10. The molecule has 1 N–H and O–H groups in total. The molecule has 0 saturated carbocycles. The van der Waals surface area contributed by atoms with Gasteiger partial charge in [-0.3, -0.25) is 19.2 Å². The van der Waals surface area contributed by atoms with Gasteiger partial charge in [0.15, 0.2) is 0 Å². The standard InChI is InChI=1S/C14H21N5O2/c1-15-14(21)12-9-17(8-11-4-5-16-19(11)12)10-13(20)18-6-2-3-7-18/h4-5,12H,2-3,6-10H2,1H3,(H,15,21). The van der Waals surface area contributed by atoms with Crippen LogP contribution in [0, 0.1) is 0 Å². The molecule has 0 aliphatic carbocycles. The maximum Gasteiger partial charge on any atom is 0.245 e. The summed E-state index contributed by atoms with van der Waals surface area (Å²) in [6, 6.07) is 1.54. The average molecular weight is 291 g/mol. The number of nitrogens with one attached hydrogen (secondary N) is 1. The highest BCUT2D eigenvalue weighted by Crippen LogP contribution is 2.20. The van der Waals surface area contributed by atoms with Gasteiger partial charge in [0.1, 0.15) is 6.04 Å². The molecule has 0 radical (unpaired) electrons. The van der Waals surface area contributed by atoms with Crippen LogP contribution in [-0.2, 0) is 16.1 Å². The molecule has 1 saturated heterocycles. The second-order valence-corrected chi connectivity index (χ2v) is 5.65. The number of amides is 2. The topological polar surface area (TPSA) is 70.5 Å². The number of likely N-dealkylation sites (tertiary alicyclic amines) is 1. The summed E-state index contributed by atoms with van der Waals surface area (Å²) in [5.74, 6) is 0.0920. The minimum Gasteiger partial charge on any atom is -0.357 e. The largest absolute Gasteiger partial charge is 0.357 e. The van der Waals surface area contributed by atoms with Gasteiger partial charge in [-0.25, -0.2) is 0 Å². The second-order valence-electron chi connectivity index (χ2n) is 5.65. The van der Waals surface area contributed by atoms with Crippen molar-refractivity contribution in [1.29, 1.82) is 0 Å². The molecule has 3 heterocycles. The molecule has 3 rings (SSSR count). The summed E-state index contributed by atoms with van der Waals surface area (Å²) >= 11 is 0. The van der Waals surface area contributed by atoms with Crippen LogP contribution in [0.15, 0.2) is 12.3 Å². The number of nitrogens with zero attached hydrogens (tertiary/aromatic N) is 4. The van der Waals surface area contributed by atoms with Crippen LogP contribution in [0.3, 0.4) is 0 Å². The van der Waals surface area contributed by atoms with Crippen molar-refractivity contribution in [2.24, 2.45) is 0 Å². The van der Waals surface area contributed by atoms with Crippen LogP contribution >= 0.6 is 0 Å². The molecule has 0 bridgehead atoms. The van der Waals surface area contributed by atoms with Crippen LogP contribution in [0.25, 0.3) is 0 Å². The number of likely N-dealkylation sites (N-methyl/N-ethyl adjacent to an activating group) is 1. The van der Waals surface area contributed by atoms with Gasteiger partial charge < -0.3 is 10.2 Å². The minimum atomic E-state index is -0.361. The van der Waals surface area contributed by atoms with Gasteiger partial charge in [-0.2, -0.15) is 5.10 Å². The van der Waals surface area contributed by atoms with Gasteiger partial charge in [-0.05, 0) is 18.9 Å². The molecule has 7 nitrogen and oxygen atoms in total. The predicted octanol–water partition coefficient (Wildman–Crippen LogP) is -0.392. The van der Waals surface area contributed by atoms with Crippen molar-refractivity contribution in [2.45, 2.75) is 25.4 Å². The quantitative estimate of drug-likeness (QED) is 0.823. The van der Waals surface area contributed by atoms with E-state index in [1.165, 1.54) is 0 Å². The lowest BCUT2D eigenvalue weighted by atomic mass is 10.1. The van der Waals surface area contributed by atoms with Crippen molar-refractivity contribution in [2.75, 3.05) is 33.2 Å². The molecular formula is C14H21N5O2. The van der Waals surface area contributed by atoms with Crippen molar-refractivity contribution in [3.8, 4) is 0 Å². The van der Waals surface area contributed by atoms with Crippen molar-refractivity contribution in [1.82, 2.24) is 24.9 Å². The third-order valence-electron chi connectivity index (χ3n) is 4.23. The van der Waals surface area contributed by atoms with Crippen LogP contribution in [-0.4, -0.2) is 64.6 Å². The lowest BCUT2D eigenvalue weighted by Gasteiger charge is -2.33. The Kier molecular flexibility index (Phi) is 3.92. The zero-order chi connectivity index (χ0) is 14.8. The minimum absolute atomic E-state index is 0.0710. The maximum absolute atomic E-state index is 12.3. The highest BCUT2D eigenvalue weighted by molar-refractivity contribution is 5.81. The fourth-order valence-electron chi connectivity index (χ4n) is 3.10. The summed E-state index contributed by atoms with van der Waals surface area (Å²) in [6.07, 6.45) is 3.90. The van der Waals surface area contributed by atoms with Gasteiger partial charge in [-0.15, -0.1) is 0 Å². The Labute approximate surface area is 123 Å². The number of rotatable bonds is 3. The van der Waals surface area contributed by atoms with Gasteiger partial charge in [-0.1, -0.05) is 0 Å². The van der Waals surface area contributed by atoms with E-state index in [0.717, 1.165) is 31.6 Å². The van der Waals surface area contributed by atoms with Crippen LogP contribution in [0.4, 0.5) is 0 Å². The number of fused-ring (bicyclic) bond motifs is 1. The number of hydrogen-bond donors (Lipinski definition) is 1. The molecule has 21 heavy (non-hydrogen) atoms. The monoisotopic (exact) mass is 291 g/mol. The van der Waals surface area contributed by atoms with E-state index in [0.29, 0.717) is 19.6 Å². The van der Waals surface area contributed by atoms with Crippen LogP contribution < -0.4 is 5.32 Å². The summed E-state index contributed by atoms with van der Waals surface area (Å²) in [5, 5.41) is 6.90. The maximum atomic E-state index is 12.3. The van der Waals surface area contributed by atoms with Crippen molar-refractivity contribution in [3.05, 3.63) is 18.0 Å². The first-order valence-electron chi connectivity index (χ1n) is 7.43. The van der Waals surface area contributed by atoms with E-state index in [9.17, 15) is 9.59 Å². The molecule has 2 amide bonds. The highest BCUT2D eigenvalue weighted by atomic mass is 16.2. The van der Waals surface area contributed by atoms with Gasteiger partial charge >= 0.3 is 0 Å². The zero-order valence-electron chi connectivity index (χ0n) is 12.3. The first-order valence-corrected chi connectivity index (χ1v) is 7.43. The molecule has 2 aliphatic rings. The average Bonchev–Trinajstić information content (AvgIpc) is 3.16. The molecule has 1 fully saturated rings. The molecule has 1 aromatic rings. The van der Waals surface area contributed by atoms with E-state index in [1.54, 1.807) is 17.9 Å². The summed E-state index contributed by atoms with van der Waals surface area (Å²) in [7, 11) is 1.62. The first-order chi connectivity index (χ1) is 10.2. The van der Waals surface area contributed by atoms with Crippen molar-refractivity contribution >= 4 is 11.8 Å². The molecule has 114 valence electrons. The van der Waals surface area contributed by atoms with Crippen LogP contribution in [0.5, 0.6) is 0 Å². The molecule has 7 heteroatoms. The summed E-state index contributed by atoms with van der Waals surface area (Å²) < 4.78 is 1.76. The van der Waals surface area contributed by atoms with Gasteiger partial charge in [0.2, 0.25) is 11.8 Å². The Morgan fingerprint density at radius 2 is 2.14 bits per heavy atom. The summed E-state index contributed by atoms with van der Waals surface area (Å²) in [5.41, 5.74) is 0.976. The van der Waals surface area contributed by atoms with E-state index in [4.69, 9.17) is 0 Å². The van der Waals surface area contributed by atoms with E-state index in [1.807, 2.05) is 15.9 Å². The van der Waals surface area contributed by atoms with Crippen molar-refractivity contribution < 1.29 is 9.59 Å². The normalized spacial score (nSPS) is 22.1. The molecule has 1 unspecified atom stereocenters. The predicted molar refractivity (Wildman–Crippen MR) is 76.4 cm³/mol. The fraction of sp³-hybridized carbons (Fsp3) is 0.643. The molecular weight excluding hydrogens is 270 g/mol. The Bertz CT molecular complexity index is 535. The molecule has 1 aromatic heterocycles. The molecule has 0 aromatic carbocycles. The highest BCUT2D eigenvalue weighted by Gasteiger charge is 2.32. The van der Waals surface area contributed by atoms with Gasteiger partial charge in [0.05, 0.1) is 12.2 Å². The third-order valence-corrected chi connectivity index (χ3v) is 4.23. The van der Waals surface area contributed by atoms with Gasteiger partial charge in [0.25, 0.3) is 0 Å². The van der Waals surface area contributed by atoms with E-state index < -0.39 is 0 Å². The first kappa shape index (κ1) is 14.1. The third kappa shape index (κ3) is 2.78. The Balaban J connectivity index is 1.70. The van der Waals surface area contributed by atoms with E-state index in [2.05, 4.69) is 10.4 Å². The van der Waals surface area contributed by atoms with Gasteiger partial charge in [0, 0.05) is 39.4 Å². The second kappa shape index (κ2) is 5.85. The van der Waals surface area contributed by atoms with E-state index in [-0.39, 0.29) is 17.9 Å². The Morgan fingerprint density at radius 1 is 1.38 bits per heavy atom. The summed E-state index contributed by atoms with van der Waals surface area (Å²) in [4.78, 5) is 28.2. The molecule has 1 atom stereocenters. The number of carbonyl (C=O) groups is 2. The van der Waals surface area contributed by atoms with Crippen LogP contribution in [0.2, 0.25) is 0 Å². The molecule has 2 aliphatic heterocycles.